The van der Waals surface area contributed by atoms with Gasteiger partial charge in [0.2, 0.25) is 5.95 Å². The van der Waals surface area contributed by atoms with Crippen LogP contribution in [0.3, 0.4) is 0 Å². The minimum absolute atomic E-state index is 0.139. The van der Waals surface area contributed by atoms with Crippen LogP contribution in [-0.4, -0.2) is 29.7 Å². The Kier molecular flexibility index (Phi) is 3.61. The average molecular weight is 350 g/mol. The van der Waals surface area contributed by atoms with E-state index in [9.17, 15) is 0 Å². The van der Waals surface area contributed by atoms with Crippen molar-refractivity contribution < 1.29 is 0 Å². The SMILES string of the molecule is Nc1nc(Sc2ccccc2Br)nc(-n2cncn2)n1. The van der Waals surface area contributed by atoms with Gasteiger partial charge in [0.15, 0.2) is 5.16 Å². The predicted molar refractivity (Wildman–Crippen MR) is 77.4 cm³/mol. The highest BCUT2D eigenvalue weighted by Gasteiger charge is 2.09. The Balaban J connectivity index is 1.97. The molecule has 0 unspecified atom stereocenters. The topological polar surface area (TPSA) is 95.4 Å². The van der Waals surface area contributed by atoms with Gasteiger partial charge in [-0.3, -0.25) is 0 Å². The zero-order chi connectivity index (χ0) is 13.9. The number of halogens is 1. The van der Waals surface area contributed by atoms with Crippen LogP contribution in [0.25, 0.3) is 5.95 Å². The predicted octanol–water partition coefficient (Wildman–Crippen LogP) is 1.95. The molecule has 3 rings (SSSR count). The van der Waals surface area contributed by atoms with E-state index in [-0.39, 0.29) is 5.95 Å². The van der Waals surface area contributed by atoms with Crippen molar-refractivity contribution in [1.82, 2.24) is 29.7 Å². The highest BCUT2D eigenvalue weighted by atomic mass is 79.9. The summed E-state index contributed by atoms with van der Waals surface area (Å²) in [7, 11) is 0. The number of nitrogens with zero attached hydrogens (tertiary/aromatic N) is 6. The molecule has 0 aliphatic carbocycles. The number of hydrogen-bond acceptors (Lipinski definition) is 7. The summed E-state index contributed by atoms with van der Waals surface area (Å²) in [5.41, 5.74) is 5.71. The molecule has 9 heteroatoms. The van der Waals surface area contributed by atoms with Gasteiger partial charge in [-0.05, 0) is 39.8 Å². The molecule has 0 aliphatic rings. The summed E-state index contributed by atoms with van der Waals surface area (Å²) in [4.78, 5) is 17.3. The molecule has 0 fully saturated rings. The standard InChI is InChI=1S/C11H8BrN7S/c12-7-3-1-2-4-8(7)20-11-17-9(13)16-10(18-11)19-6-14-5-15-19/h1-6H,(H2,13,16,17,18). The molecule has 2 N–H and O–H groups in total. The smallest absolute Gasteiger partial charge is 0.257 e. The van der Waals surface area contributed by atoms with Crippen LogP contribution in [0, 0.1) is 0 Å². The monoisotopic (exact) mass is 349 g/mol. The van der Waals surface area contributed by atoms with Gasteiger partial charge in [-0.15, -0.1) is 0 Å². The Bertz CT molecular complexity index is 731. The van der Waals surface area contributed by atoms with E-state index < -0.39 is 0 Å². The first-order valence-corrected chi connectivity index (χ1v) is 7.12. The summed E-state index contributed by atoms with van der Waals surface area (Å²) in [5, 5.41) is 4.47. The largest absolute Gasteiger partial charge is 0.368 e. The average Bonchev–Trinajstić information content (AvgIpc) is 2.95. The molecule has 2 aromatic heterocycles. The van der Waals surface area contributed by atoms with Gasteiger partial charge in [0.25, 0.3) is 5.95 Å². The van der Waals surface area contributed by atoms with Crippen molar-refractivity contribution in [1.29, 1.82) is 0 Å². The molecule has 0 spiro atoms. The lowest BCUT2D eigenvalue weighted by Gasteiger charge is -2.05. The van der Waals surface area contributed by atoms with E-state index in [0.29, 0.717) is 11.1 Å². The molecule has 7 nitrogen and oxygen atoms in total. The van der Waals surface area contributed by atoms with Gasteiger partial charge in [-0.2, -0.15) is 24.7 Å². The van der Waals surface area contributed by atoms with E-state index in [2.05, 4.69) is 41.0 Å². The fourth-order valence-corrected chi connectivity index (χ4v) is 2.75. The van der Waals surface area contributed by atoms with Crippen LogP contribution in [-0.2, 0) is 0 Å². The second-order valence-corrected chi connectivity index (χ2v) is 5.51. The van der Waals surface area contributed by atoms with Crippen LogP contribution in [0.15, 0.2) is 51.4 Å². The summed E-state index contributed by atoms with van der Waals surface area (Å²) >= 11 is 4.87. The lowest BCUT2D eigenvalue weighted by Crippen LogP contribution is -2.07. The summed E-state index contributed by atoms with van der Waals surface area (Å²) < 4.78 is 2.40. The summed E-state index contributed by atoms with van der Waals surface area (Å²) in [6, 6.07) is 7.79. The lowest BCUT2D eigenvalue weighted by atomic mass is 10.4. The molecule has 0 bridgehead atoms. The van der Waals surface area contributed by atoms with Crippen molar-refractivity contribution in [2.75, 3.05) is 5.73 Å². The van der Waals surface area contributed by atoms with Gasteiger partial charge in [0, 0.05) is 9.37 Å². The van der Waals surface area contributed by atoms with Gasteiger partial charge >= 0.3 is 0 Å². The first-order chi connectivity index (χ1) is 9.72. The number of nitrogen functional groups attached to an aromatic ring is 1. The van der Waals surface area contributed by atoms with Crippen LogP contribution >= 0.6 is 27.7 Å². The van der Waals surface area contributed by atoms with Crippen LogP contribution in [0.1, 0.15) is 0 Å². The van der Waals surface area contributed by atoms with Crippen LogP contribution < -0.4 is 5.73 Å². The Morgan fingerprint density at radius 3 is 2.75 bits per heavy atom. The molecule has 0 radical (unpaired) electrons. The molecule has 2 heterocycles. The summed E-state index contributed by atoms with van der Waals surface area (Å²) in [6.07, 6.45) is 2.90. The van der Waals surface area contributed by atoms with E-state index >= 15 is 0 Å². The van der Waals surface area contributed by atoms with E-state index in [4.69, 9.17) is 5.73 Å². The quantitative estimate of drug-likeness (QED) is 0.771. The van der Waals surface area contributed by atoms with Gasteiger partial charge in [-0.1, -0.05) is 12.1 Å². The van der Waals surface area contributed by atoms with Crippen LogP contribution in [0.2, 0.25) is 0 Å². The molecule has 0 aliphatic heterocycles. The van der Waals surface area contributed by atoms with Crippen molar-refractivity contribution in [3.63, 3.8) is 0 Å². The van der Waals surface area contributed by atoms with Gasteiger partial charge in [0.1, 0.15) is 12.7 Å². The van der Waals surface area contributed by atoms with Crippen molar-refractivity contribution >= 4 is 33.6 Å². The Morgan fingerprint density at radius 2 is 2.00 bits per heavy atom. The van der Waals surface area contributed by atoms with E-state index in [1.807, 2.05) is 24.3 Å². The molecule has 3 aromatic rings. The zero-order valence-corrected chi connectivity index (χ0v) is 12.4. The number of benzene rings is 1. The van der Waals surface area contributed by atoms with Crippen molar-refractivity contribution in [3.8, 4) is 5.95 Å². The van der Waals surface area contributed by atoms with Crippen molar-refractivity contribution in [2.45, 2.75) is 10.1 Å². The molecular weight excluding hydrogens is 342 g/mol. The Hall–Kier alpha value is -2.00. The van der Waals surface area contributed by atoms with Crippen LogP contribution in [0.4, 0.5) is 5.95 Å². The minimum Gasteiger partial charge on any atom is -0.368 e. The normalized spacial score (nSPS) is 10.7. The van der Waals surface area contributed by atoms with Gasteiger partial charge in [0.05, 0.1) is 0 Å². The van der Waals surface area contributed by atoms with E-state index in [0.717, 1.165) is 9.37 Å². The third-order valence-corrected chi connectivity index (χ3v) is 4.18. The maximum Gasteiger partial charge on any atom is 0.257 e. The van der Waals surface area contributed by atoms with Crippen molar-refractivity contribution in [3.05, 3.63) is 41.4 Å². The first-order valence-electron chi connectivity index (χ1n) is 5.51. The Labute approximate surface area is 126 Å². The number of nitrogens with two attached hydrogens (primary N) is 1. The number of rotatable bonds is 3. The third kappa shape index (κ3) is 2.78. The van der Waals surface area contributed by atoms with Crippen molar-refractivity contribution in [2.24, 2.45) is 0 Å². The second-order valence-electron chi connectivity index (χ2n) is 3.65. The van der Waals surface area contributed by atoms with Gasteiger partial charge in [-0.25, -0.2) is 4.98 Å². The fourth-order valence-electron chi connectivity index (χ4n) is 1.45. The first kappa shape index (κ1) is 13.0. The maximum absolute atomic E-state index is 5.71. The Morgan fingerprint density at radius 1 is 1.15 bits per heavy atom. The third-order valence-electron chi connectivity index (χ3n) is 2.28. The molecule has 0 saturated heterocycles. The molecule has 1 aromatic carbocycles. The summed E-state index contributed by atoms with van der Waals surface area (Å²) in [5.74, 6) is 0.476. The maximum atomic E-state index is 5.71. The zero-order valence-electron chi connectivity index (χ0n) is 10.0. The molecule has 20 heavy (non-hydrogen) atoms. The van der Waals surface area contributed by atoms with Gasteiger partial charge < -0.3 is 5.73 Å². The highest BCUT2D eigenvalue weighted by molar-refractivity contribution is 9.10. The number of aromatic nitrogens is 6. The molecule has 100 valence electrons. The molecule has 0 amide bonds. The molecular formula is C11H8BrN7S. The molecule has 0 saturated carbocycles. The number of hydrogen-bond donors (Lipinski definition) is 1. The van der Waals surface area contributed by atoms with E-state index in [1.165, 1.54) is 29.1 Å². The summed E-state index contributed by atoms with van der Waals surface area (Å²) in [6.45, 7) is 0. The highest BCUT2D eigenvalue weighted by Crippen LogP contribution is 2.31. The van der Waals surface area contributed by atoms with E-state index in [1.54, 1.807) is 0 Å². The minimum atomic E-state index is 0.139. The second kappa shape index (κ2) is 5.55. The molecule has 0 atom stereocenters. The fraction of sp³-hybridized carbons (Fsp3) is 0. The lowest BCUT2D eigenvalue weighted by molar-refractivity contribution is 0.763. The number of anilines is 1. The van der Waals surface area contributed by atoms with Crippen LogP contribution in [0.5, 0.6) is 0 Å².